The molecule has 2 aliphatic rings. The monoisotopic (exact) mass is 228 g/mol. The number of hydrogen-bond donors (Lipinski definition) is 2. The highest BCUT2D eigenvalue weighted by Gasteiger charge is 2.51. The van der Waals surface area contributed by atoms with Crippen molar-refractivity contribution in [3.05, 3.63) is 0 Å². The van der Waals surface area contributed by atoms with Gasteiger partial charge in [-0.05, 0) is 19.3 Å². The Morgan fingerprint density at radius 2 is 2.12 bits per heavy atom. The number of ether oxygens (including phenoxy) is 1. The summed E-state index contributed by atoms with van der Waals surface area (Å²) in [5, 5.41) is 19.4. The third-order valence-corrected chi connectivity index (χ3v) is 3.88. The summed E-state index contributed by atoms with van der Waals surface area (Å²) in [6.07, 6.45) is 2.61. The third kappa shape index (κ3) is 1.96. The minimum absolute atomic E-state index is 0.0420. The SMILES string of the molecule is CCCCC1OC(=O)C2C(O)C(O)CCC12. The van der Waals surface area contributed by atoms with Crippen LogP contribution in [0.3, 0.4) is 0 Å². The van der Waals surface area contributed by atoms with E-state index in [-0.39, 0.29) is 18.0 Å². The van der Waals surface area contributed by atoms with Crippen LogP contribution >= 0.6 is 0 Å². The predicted octanol–water partition coefficient (Wildman–Crippen LogP) is 0.850. The largest absolute Gasteiger partial charge is 0.462 e. The maximum absolute atomic E-state index is 11.6. The van der Waals surface area contributed by atoms with Crippen molar-refractivity contribution in [3.8, 4) is 0 Å². The van der Waals surface area contributed by atoms with Crippen molar-refractivity contribution < 1.29 is 19.7 Å². The Morgan fingerprint density at radius 3 is 2.81 bits per heavy atom. The summed E-state index contributed by atoms with van der Waals surface area (Å²) in [6, 6.07) is 0. The van der Waals surface area contributed by atoms with Crippen LogP contribution in [0.15, 0.2) is 0 Å². The first-order valence-corrected chi connectivity index (χ1v) is 6.21. The zero-order chi connectivity index (χ0) is 11.7. The molecular weight excluding hydrogens is 208 g/mol. The fourth-order valence-electron chi connectivity index (χ4n) is 2.93. The molecule has 5 atom stereocenters. The number of fused-ring (bicyclic) bond motifs is 1. The molecule has 5 unspecified atom stereocenters. The lowest BCUT2D eigenvalue weighted by Gasteiger charge is -2.32. The van der Waals surface area contributed by atoms with E-state index in [2.05, 4.69) is 6.92 Å². The molecule has 1 heterocycles. The minimum atomic E-state index is -0.933. The highest BCUT2D eigenvalue weighted by molar-refractivity contribution is 5.76. The molecule has 1 aliphatic heterocycles. The molecule has 4 nitrogen and oxygen atoms in total. The molecule has 0 amide bonds. The molecule has 0 spiro atoms. The van der Waals surface area contributed by atoms with Gasteiger partial charge in [0.2, 0.25) is 0 Å². The van der Waals surface area contributed by atoms with Crippen LogP contribution in [0.1, 0.15) is 39.0 Å². The zero-order valence-corrected chi connectivity index (χ0v) is 9.63. The summed E-state index contributed by atoms with van der Waals surface area (Å²) in [4.78, 5) is 11.6. The molecular formula is C12H20O4. The van der Waals surface area contributed by atoms with E-state index in [1.165, 1.54) is 0 Å². The van der Waals surface area contributed by atoms with Gasteiger partial charge in [-0.3, -0.25) is 4.79 Å². The van der Waals surface area contributed by atoms with Crippen molar-refractivity contribution in [3.63, 3.8) is 0 Å². The van der Waals surface area contributed by atoms with Crippen molar-refractivity contribution in [1.82, 2.24) is 0 Å². The van der Waals surface area contributed by atoms with Crippen molar-refractivity contribution in [2.75, 3.05) is 0 Å². The second kappa shape index (κ2) is 4.72. The maximum atomic E-state index is 11.6. The molecule has 0 aromatic carbocycles. The molecule has 1 saturated heterocycles. The Kier molecular flexibility index (Phi) is 3.50. The number of aliphatic hydroxyl groups excluding tert-OH is 2. The van der Waals surface area contributed by atoms with Gasteiger partial charge in [0.25, 0.3) is 0 Å². The molecule has 2 fully saturated rings. The van der Waals surface area contributed by atoms with E-state index in [4.69, 9.17) is 4.74 Å². The van der Waals surface area contributed by atoms with E-state index in [0.29, 0.717) is 6.42 Å². The summed E-state index contributed by atoms with van der Waals surface area (Å²) in [5.74, 6) is -0.708. The van der Waals surface area contributed by atoms with Crippen LogP contribution in [-0.2, 0) is 9.53 Å². The highest BCUT2D eigenvalue weighted by atomic mass is 16.6. The fourth-order valence-corrected chi connectivity index (χ4v) is 2.93. The third-order valence-electron chi connectivity index (χ3n) is 3.88. The number of aliphatic hydroxyl groups is 2. The van der Waals surface area contributed by atoms with Gasteiger partial charge >= 0.3 is 5.97 Å². The second-order valence-corrected chi connectivity index (χ2v) is 4.94. The zero-order valence-electron chi connectivity index (χ0n) is 9.63. The van der Waals surface area contributed by atoms with Gasteiger partial charge < -0.3 is 14.9 Å². The van der Waals surface area contributed by atoms with Gasteiger partial charge in [0.05, 0.1) is 18.1 Å². The van der Waals surface area contributed by atoms with Crippen LogP contribution in [0.2, 0.25) is 0 Å². The van der Waals surface area contributed by atoms with Crippen LogP contribution < -0.4 is 0 Å². The van der Waals surface area contributed by atoms with Crippen molar-refractivity contribution >= 4 is 5.97 Å². The van der Waals surface area contributed by atoms with Gasteiger partial charge in [-0.2, -0.15) is 0 Å². The van der Waals surface area contributed by atoms with E-state index >= 15 is 0 Å². The second-order valence-electron chi connectivity index (χ2n) is 4.94. The molecule has 92 valence electrons. The molecule has 0 bridgehead atoms. The average Bonchev–Trinajstić information content (AvgIpc) is 2.58. The highest BCUT2D eigenvalue weighted by Crippen LogP contribution is 2.41. The Hall–Kier alpha value is -0.610. The molecule has 0 aromatic heterocycles. The Balaban J connectivity index is 2.05. The smallest absolute Gasteiger partial charge is 0.312 e. The van der Waals surface area contributed by atoms with E-state index in [0.717, 1.165) is 25.7 Å². The van der Waals surface area contributed by atoms with Gasteiger partial charge in [-0.25, -0.2) is 0 Å². The number of cyclic esters (lactones) is 1. The van der Waals surface area contributed by atoms with Crippen molar-refractivity contribution in [1.29, 1.82) is 0 Å². The van der Waals surface area contributed by atoms with Gasteiger partial charge in [-0.1, -0.05) is 19.8 Å². The number of rotatable bonds is 3. The van der Waals surface area contributed by atoms with Crippen LogP contribution in [0.25, 0.3) is 0 Å². The molecule has 4 heteroatoms. The first-order valence-electron chi connectivity index (χ1n) is 6.21. The predicted molar refractivity (Wildman–Crippen MR) is 57.6 cm³/mol. The number of unbranched alkanes of at least 4 members (excludes halogenated alkanes) is 1. The van der Waals surface area contributed by atoms with E-state index < -0.39 is 18.1 Å². The Bertz CT molecular complexity index is 266. The van der Waals surface area contributed by atoms with E-state index in [1.807, 2.05) is 0 Å². The maximum Gasteiger partial charge on any atom is 0.312 e. The van der Waals surface area contributed by atoms with Gasteiger partial charge in [0.1, 0.15) is 6.10 Å². The quantitative estimate of drug-likeness (QED) is 0.703. The summed E-state index contributed by atoms with van der Waals surface area (Å²) in [6.45, 7) is 2.10. The minimum Gasteiger partial charge on any atom is -0.462 e. The van der Waals surface area contributed by atoms with Crippen molar-refractivity contribution in [2.24, 2.45) is 11.8 Å². The lowest BCUT2D eigenvalue weighted by molar-refractivity contribution is -0.149. The van der Waals surface area contributed by atoms with E-state index in [1.54, 1.807) is 0 Å². The first kappa shape index (κ1) is 11.9. The molecule has 1 saturated carbocycles. The van der Waals surface area contributed by atoms with Gasteiger partial charge in [0.15, 0.2) is 0 Å². The van der Waals surface area contributed by atoms with Gasteiger partial charge in [0, 0.05) is 5.92 Å². The standard InChI is InChI=1S/C12H20O4/c1-2-3-4-9-7-5-6-8(13)11(14)10(7)12(15)16-9/h7-11,13-14H,2-6H2,1H3. The van der Waals surface area contributed by atoms with Crippen LogP contribution in [-0.4, -0.2) is 34.5 Å². The molecule has 1 aliphatic carbocycles. The number of hydrogen-bond acceptors (Lipinski definition) is 4. The number of esters is 1. The summed E-state index contributed by atoms with van der Waals surface area (Å²) >= 11 is 0. The van der Waals surface area contributed by atoms with E-state index in [9.17, 15) is 15.0 Å². The lowest BCUT2D eigenvalue weighted by Crippen LogP contribution is -2.44. The molecule has 0 aromatic rings. The fraction of sp³-hybridized carbons (Fsp3) is 0.917. The number of carbonyl (C=O) groups excluding carboxylic acids is 1. The summed E-state index contributed by atoms with van der Waals surface area (Å²) in [5.41, 5.74) is 0. The molecule has 2 N–H and O–H groups in total. The molecule has 2 rings (SSSR count). The topological polar surface area (TPSA) is 66.8 Å². The Labute approximate surface area is 95.6 Å². The summed E-state index contributed by atoms with van der Waals surface area (Å²) in [7, 11) is 0. The van der Waals surface area contributed by atoms with Crippen LogP contribution in [0, 0.1) is 11.8 Å². The molecule has 0 radical (unpaired) electrons. The Morgan fingerprint density at radius 1 is 1.38 bits per heavy atom. The van der Waals surface area contributed by atoms with Crippen molar-refractivity contribution in [2.45, 2.75) is 57.3 Å². The number of carbonyl (C=O) groups is 1. The van der Waals surface area contributed by atoms with Crippen LogP contribution in [0.5, 0.6) is 0 Å². The van der Waals surface area contributed by atoms with Crippen LogP contribution in [0.4, 0.5) is 0 Å². The van der Waals surface area contributed by atoms with Gasteiger partial charge in [-0.15, -0.1) is 0 Å². The normalized spacial score (nSPS) is 42.9. The molecule has 16 heavy (non-hydrogen) atoms. The first-order chi connectivity index (χ1) is 7.65. The average molecular weight is 228 g/mol. The summed E-state index contributed by atoms with van der Waals surface area (Å²) < 4.78 is 5.32. The lowest BCUT2D eigenvalue weighted by atomic mass is 9.74.